The molecule has 0 bridgehead atoms. The number of carbonyl (C=O) groups is 2. The van der Waals surface area contributed by atoms with E-state index in [2.05, 4.69) is 10.2 Å². The molecule has 0 unspecified atom stereocenters. The first-order chi connectivity index (χ1) is 17.1. The monoisotopic (exact) mass is 536 g/mol. The SMILES string of the molecule is CN(CC(=O)N(Cc1ccc(Cl)cc1)[C@@H](C(=O)NCCN1CCOCC1)c1ccccc1)S(C)(=O)=O. The van der Waals surface area contributed by atoms with Crippen molar-refractivity contribution in [2.75, 3.05) is 59.2 Å². The Bertz CT molecular complexity index is 1110. The zero-order valence-corrected chi connectivity index (χ0v) is 22.2. The van der Waals surface area contributed by atoms with Crippen molar-refractivity contribution in [1.29, 1.82) is 0 Å². The van der Waals surface area contributed by atoms with E-state index < -0.39 is 28.5 Å². The van der Waals surface area contributed by atoms with E-state index in [1.54, 1.807) is 48.5 Å². The maximum absolute atomic E-state index is 13.6. The van der Waals surface area contributed by atoms with Crippen LogP contribution in [0.2, 0.25) is 5.02 Å². The Morgan fingerprint density at radius 3 is 2.33 bits per heavy atom. The number of likely N-dealkylation sites (N-methyl/N-ethyl adjacent to an activating group) is 1. The number of halogens is 1. The number of nitrogens with one attached hydrogen (secondary N) is 1. The van der Waals surface area contributed by atoms with Gasteiger partial charge in [-0.1, -0.05) is 54.1 Å². The molecule has 1 atom stereocenters. The molecule has 0 aliphatic carbocycles. The van der Waals surface area contributed by atoms with Crippen LogP contribution in [0, 0.1) is 0 Å². The van der Waals surface area contributed by atoms with Crippen molar-refractivity contribution in [3.63, 3.8) is 0 Å². The van der Waals surface area contributed by atoms with Gasteiger partial charge in [0.25, 0.3) is 0 Å². The average Bonchev–Trinajstić information content (AvgIpc) is 2.85. The summed E-state index contributed by atoms with van der Waals surface area (Å²) in [5, 5.41) is 3.52. The van der Waals surface area contributed by atoms with Gasteiger partial charge in [0.05, 0.1) is 26.0 Å². The summed E-state index contributed by atoms with van der Waals surface area (Å²) < 4.78 is 30.3. The molecular weight excluding hydrogens is 504 g/mol. The van der Waals surface area contributed by atoms with E-state index >= 15 is 0 Å². The molecule has 1 fully saturated rings. The largest absolute Gasteiger partial charge is 0.379 e. The van der Waals surface area contributed by atoms with Crippen LogP contribution in [-0.2, 0) is 30.9 Å². The first kappa shape index (κ1) is 28.1. The number of carbonyl (C=O) groups excluding carboxylic acids is 2. The van der Waals surface area contributed by atoms with Gasteiger partial charge in [-0.2, -0.15) is 4.31 Å². The first-order valence-electron chi connectivity index (χ1n) is 11.7. The van der Waals surface area contributed by atoms with E-state index in [0.29, 0.717) is 36.9 Å². The van der Waals surface area contributed by atoms with Crippen molar-refractivity contribution in [3.05, 3.63) is 70.7 Å². The quantitative estimate of drug-likeness (QED) is 0.470. The van der Waals surface area contributed by atoms with Gasteiger partial charge >= 0.3 is 0 Å². The Hall–Kier alpha value is -2.50. The van der Waals surface area contributed by atoms with E-state index in [0.717, 1.165) is 29.2 Å². The molecule has 2 amide bonds. The fourth-order valence-electron chi connectivity index (χ4n) is 3.88. The molecule has 0 radical (unpaired) electrons. The molecule has 1 saturated heterocycles. The summed E-state index contributed by atoms with van der Waals surface area (Å²) >= 11 is 6.03. The Labute approximate surface area is 218 Å². The summed E-state index contributed by atoms with van der Waals surface area (Å²) in [6, 6.07) is 15.0. The maximum atomic E-state index is 13.6. The minimum absolute atomic E-state index is 0.101. The average molecular weight is 537 g/mol. The number of amides is 2. The number of nitrogens with zero attached hydrogens (tertiary/aromatic N) is 3. The predicted octanol–water partition coefficient (Wildman–Crippen LogP) is 1.75. The third-order valence-corrected chi connectivity index (χ3v) is 7.53. The standard InChI is InChI=1S/C25H33ClN4O5S/c1-28(36(2,33)34)19-23(31)30(18-20-8-10-22(26)11-9-20)24(21-6-4-3-5-7-21)25(32)27-12-13-29-14-16-35-17-15-29/h3-11,24H,12-19H2,1-2H3,(H,27,32)/t24-/m1/s1. The van der Waals surface area contributed by atoms with Crippen LogP contribution < -0.4 is 5.32 Å². The van der Waals surface area contributed by atoms with E-state index in [-0.39, 0.29) is 12.5 Å². The molecule has 196 valence electrons. The van der Waals surface area contributed by atoms with E-state index in [9.17, 15) is 18.0 Å². The van der Waals surface area contributed by atoms with Crippen molar-refractivity contribution in [2.24, 2.45) is 0 Å². The lowest BCUT2D eigenvalue weighted by molar-refractivity contribution is -0.141. The molecule has 36 heavy (non-hydrogen) atoms. The highest BCUT2D eigenvalue weighted by molar-refractivity contribution is 7.88. The molecule has 9 nitrogen and oxygen atoms in total. The minimum atomic E-state index is -3.59. The van der Waals surface area contributed by atoms with E-state index in [1.165, 1.54) is 11.9 Å². The highest BCUT2D eigenvalue weighted by Crippen LogP contribution is 2.25. The van der Waals surface area contributed by atoms with Gasteiger partial charge in [0.2, 0.25) is 21.8 Å². The maximum Gasteiger partial charge on any atom is 0.247 e. The Morgan fingerprint density at radius 1 is 1.08 bits per heavy atom. The second-order valence-corrected chi connectivity index (χ2v) is 11.3. The topological polar surface area (TPSA) is 99.3 Å². The van der Waals surface area contributed by atoms with Gasteiger partial charge < -0.3 is 15.0 Å². The second-order valence-electron chi connectivity index (χ2n) is 8.73. The molecule has 0 saturated carbocycles. The molecular formula is C25H33ClN4O5S. The Kier molecular flexibility index (Phi) is 10.3. The van der Waals surface area contributed by atoms with Crippen LogP contribution in [0.4, 0.5) is 0 Å². The number of ether oxygens (including phenoxy) is 1. The first-order valence-corrected chi connectivity index (χ1v) is 14.0. The third kappa shape index (κ3) is 8.28. The summed E-state index contributed by atoms with van der Waals surface area (Å²) in [5.74, 6) is -0.825. The van der Waals surface area contributed by atoms with Gasteiger partial charge in [0, 0.05) is 44.8 Å². The molecule has 0 aromatic heterocycles. The number of sulfonamides is 1. The Balaban J connectivity index is 1.87. The number of morpholine rings is 1. The zero-order chi connectivity index (χ0) is 26.1. The van der Waals surface area contributed by atoms with Gasteiger partial charge in [0.1, 0.15) is 6.04 Å². The van der Waals surface area contributed by atoms with Gasteiger partial charge in [-0.25, -0.2) is 8.42 Å². The highest BCUT2D eigenvalue weighted by atomic mass is 35.5. The van der Waals surface area contributed by atoms with E-state index in [1.807, 2.05) is 6.07 Å². The van der Waals surface area contributed by atoms with Crippen molar-refractivity contribution >= 4 is 33.4 Å². The van der Waals surface area contributed by atoms with Crippen LogP contribution in [0.25, 0.3) is 0 Å². The summed E-state index contributed by atoms with van der Waals surface area (Å²) in [7, 11) is -2.25. The second kappa shape index (κ2) is 13.2. The summed E-state index contributed by atoms with van der Waals surface area (Å²) in [4.78, 5) is 30.7. The zero-order valence-electron chi connectivity index (χ0n) is 20.6. The molecule has 0 spiro atoms. The number of rotatable bonds is 11. The van der Waals surface area contributed by atoms with Crippen LogP contribution in [0.5, 0.6) is 0 Å². The smallest absolute Gasteiger partial charge is 0.247 e. The van der Waals surface area contributed by atoms with Crippen LogP contribution in [0.15, 0.2) is 54.6 Å². The fourth-order valence-corrected chi connectivity index (χ4v) is 4.35. The van der Waals surface area contributed by atoms with Crippen molar-refractivity contribution in [3.8, 4) is 0 Å². The molecule has 3 rings (SSSR count). The fraction of sp³-hybridized carbons (Fsp3) is 0.440. The number of hydrogen-bond donors (Lipinski definition) is 1. The molecule has 1 heterocycles. The molecule has 1 N–H and O–H groups in total. The summed E-state index contributed by atoms with van der Waals surface area (Å²) in [5.41, 5.74) is 1.39. The lowest BCUT2D eigenvalue weighted by Gasteiger charge is -2.33. The van der Waals surface area contributed by atoms with Gasteiger partial charge in [0.15, 0.2) is 0 Å². The van der Waals surface area contributed by atoms with Crippen LogP contribution in [0.3, 0.4) is 0 Å². The molecule has 1 aliphatic heterocycles. The predicted molar refractivity (Wildman–Crippen MR) is 139 cm³/mol. The van der Waals surface area contributed by atoms with Gasteiger partial charge in [-0.15, -0.1) is 0 Å². The number of hydrogen-bond acceptors (Lipinski definition) is 6. The molecule has 2 aromatic rings. The Morgan fingerprint density at radius 2 is 1.72 bits per heavy atom. The lowest BCUT2D eigenvalue weighted by Crippen LogP contribution is -2.48. The lowest BCUT2D eigenvalue weighted by atomic mass is 10.0. The van der Waals surface area contributed by atoms with Crippen LogP contribution in [-0.4, -0.2) is 93.6 Å². The third-order valence-electron chi connectivity index (χ3n) is 6.02. The minimum Gasteiger partial charge on any atom is -0.379 e. The summed E-state index contributed by atoms with van der Waals surface area (Å²) in [6.07, 6.45) is 1.04. The highest BCUT2D eigenvalue weighted by Gasteiger charge is 2.33. The van der Waals surface area contributed by atoms with Gasteiger partial charge in [-0.05, 0) is 23.3 Å². The number of benzene rings is 2. The summed E-state index contributed by atoms with van der Waals surface area (Å²) in [6.45, 7) is 3.72. The van der Waals surface area contributed by atoms with Gasteiger partial charge in [-0.3, -0.25) is 14.5 Å². The van der Waals surface area contributed by atoms with Crippen LogP contribution >= 0.6 is 11.6 Å². The van der Waals surface area contributed by atoms with Crippen LogP contribution in [0.1, 0.15) is 17.2 Å². The van der Waals surface area contributed by atoms with Crippen molar-refractivity contribution in [1.82, 2.24) is 19.4 Å². The van der Waals surface area contributed by atoms with Crippen molar-refractivity contribution < 1.29 is 22.7 Å². The molecule has 2 aromatic carbocycles. The molecule has 1 aliphatic rings. The van der Waals surface area contributed by atoms with E-state index in [4.69, 9.17) is 16.3 Å². The normalized spacial score (nSPS) is 15.4. The molecule has 11 heteroatoms. The van der Waals surface area contributed by atoms with Crippen molar-refractivity contribution in [2.45, 2.75) is 12.6 Å².